The number of carbonyl (C=O) groups excluding carboxylic acids is 1. The number of piperazine rings is 1. The van der Waals surface area contributed by atoms with Crippen molar-refractivity contribution in [3.63, 3.8) is 0 Å². The Kier molecular flexibility index (Phi) is 4.53. The topological polar surface area (TPSA) is 56.6 Å². The fourth-order valence-corrected chi connectivity index (χ4v) is 3.87. The van der Waals surface area contributed by atoms with Gasteiger partial charge in [0.25, 0.3) is 0 Å². The van der Waals surface area contributed by atoms with Crippen LogP contribution in [0.15, 0.2) is 12.1 Å². The monoisotopic (exact) mass is 367 g/mol. The van der Waals surface area contributed by atoms with Gasteiger partial charge in [0.15, 0.2) is 0 Å². The smallest absolute Gasteiger partial charge is 0.410 e. The highest BCUT2D eigenvalue weighted by Gasteiger charge is 2.33. The van der Waals surface area contributed by atoms with Crippen LogP contribution < -0.4 is 4.90 Å². The van der Waals surface area contributed by atoms with Crippen LogP contribution in [-0.2, 0) is 4.74 Å². The summed E-state index contributed by atoms with van der Waals surface area (Å²) < 4.78 is 5.50. The molecule has 3 aliphatic rings. The van der Waals surface area contributed by atoms with Crippen molar-refractivity contribution in [3.8, 4) is 6.07 Å². The minimum absolute atomic E-state index is 0.243. The van der Waals surface area contributed by atoms with Gasteiger partial charge >= 0.3 is 6.09 Å². The molecule has 3 fully saturated rings. The van der Waals surface area contributed by atoms with Gasteiger partial charge in [0.05, 0.1) is 11.3 Å². The lowest BCUT2D eigenvalue weighted by atomic mass is 9.96. The molecule has 1 aromatic rings. The Bertz CT molecular complexity index is 774. The van der Waals surface area contributed by atoms with Gasteiger partial charge in [-0.05, 0) is 75.5 Å². The van der Waals surface area contributed by atoms with Crippen molar-refractivity contribution in [2.45, 2.75) is 63.9 Å². The lowest BCUT2D eigenvalue weighted by Crippen LogP contribution is -2.50. The average Bonchev–Trinajstić information content (AvgIpc) is 3.52. The molecule has 1 aromatic carbocycles. The van der Waals surface area contributed by atoms with E-state index in [0.29, 0.717) is 24.9 Å². The van der Waals surface area contributed by atoms with Gasteiger partial charge < -0.3 is 14.5 Å². The van der Waals surface area contributed by atoms with E-state index < -0.39 is 5.60 Å². The minimum atomic E-state index is -0.472. The van der Waals surface area contributed by atoms with Crippen LogP contribution in [0.2, 0.25) is 0 Å². The van der Waals surface area contributed by atoms with E-state index in [1.165, 1.54) is 36.8 Å². The van der Waals surface area contributed by atoms with Gasteiger partial charge in [0.2, 0.25) is 0 Å². The highest BCUT2D eigenvalue weighted by molar-refractivity contribution is 5.70. The van der Waals surface area contributed by atoms with E-state index in [9.17, 15) is 10.1 Å². The molecule has 2 saturated carbocycles. The van der Waals surface area contributed by atoms with Crippen LogP contribution in [0.4, 0.5) is 10.5 Å². The molecule has 1 saturated heterocycles. The summed E-state index contributed by atoms with van der Waals surface area (Å²) in [5.41, 5.74) is 4.12. The molecule has 0 N–H and O–H groups in total. The maximum atomic E-state index is 12.3. The van der Waals surface area contributed by atoms with Crippen LogP contribution in [0.1, 0.15) is 75.0 Å². The predicted octanol–water partition coefficient (Wildman–Crippen LogP) is 4.37. The van der Waals surface area contributed by atoms with E-state index in [4.69, 9.17) is 4.74 Å². The molecule has 4 rings (SSSR count). The predicted molar refractivity (Wildman–Crippen MR) is 105 cm³/mol. The number of benzene rings is 1. The van der Waals surface area contributed by atoms with Gasteiger partial charge in [-0.1, -0.05) is 6.07 Å². The van der Waals surface area contributed by atoms with E-state index in [-0.39, 0.29) is 6.09 Å². The summed E-state index contributed by atoms with van der Waals surface area (Å²) in [5, 5.41) is 9.86. The number of ether oxygens (including phenoxy) is 1. The molecule has 1 aliphatic heterocycles. The molecule has 5 nitrogen and oxygen atoms in total. The third-order valence-corrected chi connectivity index (χ3v) is 5.62. The lowest BCUT2D eigenvalue weighted by molar-refractivity contribution is 0.0240. The molecule has 5 heteroatoms. The van der Waals surface area contributed by atoms with Crippen LogP contribution in [0, 0.1) is 11.3 Å². The highest BCUT2D eigenvalue weighted by Crippen LogP contribution is 2.48. The molecule has 0 atom stereocenters. The van der Waals surface area contributed by atoms with Crippen LogP contribution in [0.25, 0.3) is 0 Å². The Morgan fingerprint density at radius 2 is 1.70 bits per heavy atom. The molecule has 1 heterocycles. The summed E-state index contributed by atoms with van der Waals surface area (Å²) >= 11 is 0. The number of carbonyl (C=O) groups is 1. The van der Waals surface area contributed by atoms with E-state index >= 15 is 0 Å². The SMILES string of the molecule is CC(C)(C)OC(=O)N1CCN(c2cc(C3CC3)cc(C3CC3)c2C#N)CC1. The number of rotatable bonds is 3. The van der Waals surface area contributed by atoms with Crippen molar-refractivity contribution in [3.05, 3.63) is 28.8 Å². The summed E-state index contributed by atoms with van der Waals surface area (Å²) in [4.78, 5) is 16.4. The van der Waals surface area contributed by atoms with E-state index in [1.54, 1.807) is 4.90 Å². The number of nitriles is 1. The zero-order chi connectivity index (χ0) is 19.2. The number of hydrogen-bond acceptors (Lipinski definition) is 4. The second-order valence-corrected chi connectivity index (χ2v) is 9.12. The minimum Gasteiger partial charge on any atom is -0.444 e. The molecule has 0 radical (unpaired) electrons. The first-order valence-electron chi connectivity index (χ1n) is 10.2. The van der Waals surface area contributed by atoms with Gasteiger partial charge in [0, 0.05) is 26.2 Å². The van der Waals surface area contributed by atoms with Crippen LogP contribution in [-0.4, -0.2) is 42.8 Å². The molecule has 1 amide bonds. The summed E-state index contributed by atoms with van der Waals surface area (Å²) in [6.07, 6.45) is 4.70. The van der Waals surface area contributed by atoms with Crippen molar-refractivity contribution in [2.75, 3.05) is 31.1 Å². The van der Waals surface area contributed by atoms with Gasteiger partial charge in [-0.15, -0.1) is 0 Å². The molecule has 144 valence electrons. The van der Waals surface area contributed by atoms with Gasteiger partial charge in [-0.3, -0.25) is 0 Å². The second-order valence-electron chi connectivity index (χ2n) is 9.12. The summed E-state index contributed by atoms with van der Waals surface area (Å²) in [7, 11) is 0. The lowest BCUT2D eigenvalue weighted by Gasteiger charge is -2.37. The third kappa shape index (κ3) is 4.05. The van der Waals surface area contributed by atoms with Gasteiger partial charge in [-0.25, -0.2) is 4.79 Å². The van der Waals surface area contributed by atoms with E-state index in [1.807, 2.05) is 20.8 Å². The van der Waals surface area contributed by atoms with Crippen molar-refractivity contribution in [2.24, 2.45) is 0 Å². The van der Waals surface area contributed by atoms with E-state index in [2.05, 4.69) is 23.1 Å². The average molecular weight is 367 g/mol. The molecule has 0 aromatic heterocycles. The third-order valence-electron chi connectivity index (χ3n) is 5.62. The van der Waals surface area contributed by atoms with Crippen molar-refractivity contribution < 1.29 is 9.53 Å². The Balaban J connectivity index is 1.52. The number of nitrogens with zero attached hydrogens (tertiary/aromatic N) is 3. The Labute approximate surface area is 161 Å². The molecule has 0 unspecified atom stereocenters. The molecular formula is C22H29N3O2. The first-order chi connectivity index (χ1) is 12.9. The quantitative estimate of drug-likeness (QED) is 0.796. The maximum absolute atomic E-state index is 12.3. The molecule has 2 aliphatic carbocycles. The number of amides is 1. The van der Waals surface area contributed by atoms with Crippen molar-refractivity contribution in [1.82, 2.24) is 4.90 Å². The number of anilines is 1. The fourth-order valence-electron chi connectivity index (χ4n) is 3.87. The Morgan fingerprint density at radius 1 is 1.07 bits per heavy atom. The Hall–Kier alpha value is -2.22. The highest BCUT2D eigenvalue weighted by atomic mass is 16.6. The summed E-state index contributed by atoms with van der Waals surface area (Å²) in [5.74, 6) is 1.25. The molecule has 0 bridgehead atoms. The second kappa shape index (κ2) is 6.74. The van der Waals surface area contributed by atoms with E-state index in [0.717, 1.165) is 24.3 Å². The summed E-state index contributed by atoms with van der Waals surface area (Å²) in [6, 6.07) is 7.03. The van der Waals surface area contributed by atoms with Crippen molar-refractivity contribution >= 4 is 11.8 Å². The molecular weight excluding hydrogens is 338 g/mol. The van der Waals surface area contributed by atoms with Gasteiger partial charge in [-0.2, -0.15) is 5.26 Å². The first-order valence-corrected chi connectivity index (χ1v) is 10.2. The Morgan fingerprint density at radius 3 is 2.22 bits per heavy atom. The van der Waals surface area contributed by atoms with Crippen molar-refractivity contribution in [1.29, 1.82) is 5.26 Å². The fraction of sp³-hybridized carbons (Fsp3) is 0.636. The summed E-state index contributed by atoms with van der Waals surface area (Å²) in [6.45, 7) is 8.42. The standard InChI is InChI=1S/C22H29N3O2/c1-22(2,3)27-21(26)25-10-8-24(9-11-25)20-13-17(15-4-5-15)12-18(16-6-7-16)19(20)14-23/h12-13,15-16H,4-11H2,1-3H3. The van der Waals surface area contributed by atoms with Gasteiger partial charge in [0.1, 0.15) is 11.7 Å². The number of hydrogen-bond donors (Lipinski definition) is 0. The van der Waals surface area contributed by atoms with Crippen LogP contribution in [0.5, 0.6) is 0 Å². The first kappa shape index (κ1) is 18.2. The normalized spacial score (nSPS) is 20.4. The zero-order valence-electron chi connectivity index (χ0n) is 16.6. The largest absolute Gasteiger partial charge is 0.444 e. The van der Waals surface area contributed by atoms with Crippen LogP contribution >= 0.6 is 0 Å². The van der Waals surface area contributed by atoms with Crippen LogP contribution in [0.3, 0.4) is 0 Å². The maximum Gasteiger partial charge on any atom is 0.410 e. The zero-order valence-corrected chi connectivity index (χ0v) is 16.6. The molecule has 0 spiro atoms. The molecule has 27 heavy (non-hydrogen) atoms.